The molecule has 3 saturated heterocycles. The Bertz CT molecular complexity index is 1270. The number of halogens is 1. The molecule has 1 saturated carbocycles. The highest BCUT2D eigenvalue weighted by molar-refractivity contribution is 6.32. The largest absolute Gasteiger partial charge is 0.496 e. The SMILES string of the molecule is COc1cc(OCC(=O)NCCCc2cccc(C3(C(=O)OC4CN5CCC4CC5)CCCCC3)c2)c(Cl)cc1C=O. The van der Waals surface area contributed by atoms with Crippen LogP contribution in [0.5, 0.6) is 11.5 Å². The van der Waals surface area contributed by atoms with Crippen LogP contribution in [0, 0.1) is 5.92 Å². The van der Waals surface area contributed by atoms with Gasteiger partial charge in [-0.25, -0.2) is 0 Å². The molecule has 3 heterocycles. The number of benzene rings is 2. The van der Waals surface area contributed by atoms with Gasteiger partial charge in [0.1, 0.15) is 17.6 Å². The van der Waals surface area contributed by atoms with E-state index in [2.05, 4.69) is 28.4 Å². The molecule has 3 aliphatic heterocycles. The molecule has 226 valence electrons. The lowest BCUT2D eigenvalue weighted by atomic mass is 9.69. The molecule has 4 aliphatic rings. The summed E-state index contributed by atoms with van der Waals surface area (Å²) in [5.74, 6) is 0.789. The molecule has 6 rings (SSSR count). The molecule has 0 spiro atoms. The topological polar surface area (TPSA) is 94.2 Å². The smallest absolute Gasteiger partial charge is 0.316 e. The number of amides is 1. The molecule has 8 nitrogen and oxygen atoms in total. The molecular weight excluding hydrogens is 556 g/mol. The zero-order valence-electron chi connectivity index (χ0n) is 24.4. The molecular formula is C33H41ClN2O6. The summed E-state index contributed by atoms with van der Waals surface area (Å²) in [5.41, 5.74) is 1.95. The van der Waals surface area contributed by atoms with Crippen LogP contribution in [0.4, 0.5) is 0 Å². The van der Waals surface area contributed by atoms with Crippen molar-refractivity contribution in [3.63, 3.8) is 0 Å². The first kappa shape index (κ1) is 30.4. The van der Waals surface area contributed by atoms with Crippen molar-refractivity contribution in [2.24, 2.45) is 5.92 Å². The van der Waals surface area contributed by atoms with Gasteiger partial charge in [-0.3, -0.25) is 19.3 Å². The lowest BCUT2D eigenvalue weighted by Gasteiger charge is -2.45. The minimum absolute atomic E-state index is 0.0170. The Balaban J connectivity index is 1.14. The lowest BCUT2D eigenvalue weighted by molar-refractivity contribution is -0.167. The summed E-state index contributed by atoms with van der Waals surface area (Å²) in [6.07, 6.45) is 9.33. The second-order valence-corrected chi connectivity index (χ2v) is 12.2. The average Bonchev–Trinajstić information content (AvgIpc) is 3.03. The highest BCUT2D eigenvalue weighted by atomic mass is 35.5. The predicted octanol–water partition coefficient (Wildman–Crippen LogP) is 5.13. The van der Waals surface area contributed by atoms with Crippen LogP contribution < -0.4 is 14.8 Å². The molecule has 4 fully saturated rings. The summed E-state index contributed by atoms with van der Waals surface area (Å²) in [7, 11) is 1.45. The fraction of sp³-hybridized carbons (Fsp3) is 0.545. The number of piperidine rings is 3. The van der Waals surface area contributed by atoms with Crippen LogP contribution in [0.3, 0.4) is 0 Å². The van der Waals surface area contributed by atoms with Crippen LogP contribution in [-0.2, 0) is 26.2 Å². The summed E-state index contributed by atoms with van der Waals surface area (Å²) in [4.78, 5) is 39.8. The second kappa shape index (κ2) is 13.9. The number of rotatable bonds is 12. The van der Waals surface area contributed by atoms with E-state index in [4.69, 9.17) is 25.8 Å². The molecule has 2 bridgehead atoms. The highest BCUT2D eigenvalue weighted by Crippen LogP contribution is 2.42. The van der Waals surface area contributed by atoms with Crippen molar-refractivity contribution < 1.29 is 28.6 Å². The van der Waals surface area contributed by atoms with Gasteiger partial charge in [-0.05, 0) is 74.7 Å². The molecule has 0 radical (unpaired) electrons. The maximum Gasteiger partial charge on any atom is 0.316 e. The molecule has 2 aromatic rings. The van der Waals surface area contributed by atoms with Gasteiger partial charge in [-0.2, -0.15) is 0 Å². The minimum atomic E-state index is -0.570. The molecule has 1 unspecified atom stereocenters. The van der Waals surface area contributed by atoms with Crippen molar-refractivity contribution in [1.82, 2.24) is 10.2 Å². The molecule has 0 aromatic heterocycles. The Morgan fingerprint density at radius 2 is 1.88 bits per heavy atom. The Morgan fingerprint density at radius 1 is 1.10 bits per heavy atom. The van der Waals surface area contributed by atoms with Crippen LogP contribution in [-0.4, -0.2) is 69.1 Å². The molecule has 42 heavy (non-hydrogen) atoms. The average molecular weight is 597 g/mol. The maximum absolute atomic E-state index is 13.8. The zero-order chi connectivity index (χ0) is 29.5. The minimum Gasteiger partial charge on any atom is -0.496 e. The monoisotopic (exact) mass is 596 g/mol. The fourth-order valence-corrected chi connectivity index (χ4v) is 6.96. The van der Waals surface area contributed by atoms with Crippen LogP contribution in [0.1, 0.15) is 72.9 Å². The van der Waals surface area contributed by atoms with E-state index < -0.39 is 5.41 Å². The molecule has 1 aliphatic carbocycles. The van der Waals surface area contributed by atoms with Crippen molar-refractivity contribution in [1.29, 1.82) is 0 Å². The van der Waals surface area contributed by atoms with E-state index in [1.165, 1.54) is 19.2 Å². The molecule has 2 aromatic carbocycles. The number of carbonyl (C=O) groups excluding carboxylic acids is 3. The standard InChI is InChI=1S/C33H41ClN2O6/c1-40-28-19-29(27(34)18-25(28)21-37)41-22-31(38)35-14-6-8-23-7-5-9-26(17-23)33(12-3-2-4-13-33)32(39)42-30-20-36-15-10-24(30)11-16-36/h5,7,9,17-19,21,24,30H,2-4,6,8,10-16,20,22H2,1H3,(H,35,38). The Labute approximate surface area is 253 Å². The first-order valence-corrected chi connectivity index (χ1v) is 15.5. The van der Waals surface area contributed by atoms with Gasteiger partial charge in [-0.15, -0.1) is 0 Å². The number of fused-ring (bicyclic) bond motifs is 3. The van der Waals surface area contributed by atoms with Gasteiger partial charge >= 0.3 is 5.97 Å². The zero-order valence-corrected chi connectivity index (χ0v) is 25.1. The summed E-state index contributed by atoms with van der Waals surface area (Å²) >= 11 is 6.17. The van der Waals surface area contributed by atoms with Gasteiger partial charge in [0.2, 0.25) is 0 Å². The molecule has 1 atom stereocenters. The third-order valence-electron chi connectivity index (χ3n) is 9.17. The normalized spacial score (nSPS) is 22.7. The van der Waals surface area contributed by atoms with Crippen LogP contribution in [0.25, 0.3) is 0 Å². The summed E-state index contributed by atoms with van der Waals surface area (Å²) in [5, 5.41) is 3.11. The van der Waals surface area contributed by atoms with E-state index in [-0.39, 0.29) is 35.4 Å². The van der Waals surface area contributed by atoms with Gasteiger partial charge < -0.3 is 19.5 Å². The first-order valence-electron chi connectivity index (χ1n) is 15.2. The van der Waals surface area contributed by atoms with Crippen LogP contribution in [0.15, 0.2) is 36.4 Å². The number of esters is 1. The summed E-state index contributed by atoms with van der Waals surface area (Å²) in [6.45, 7) is 3.40. The lowest BCUT2D eigenvalue weighted by Crippen LogP contribution is -2.53. The van der Waals surface area contributed by atoms with Gasteiger partial charge in [0.25, 0.3) is 5.91 Å². The van der Waals surface area contributed by atoms with Crippen molar-refractivity contribution in [3.05, 3.63) is 58.1 Å². The number of methoxy groups -OCH3 is 1. The summed E-state index contributed by atoms with van der Waals surface area (Å²) < 4.78 is 17.0. The van der Waals surface area contributed by atoms with E-state index in [9.17, 15) is 14.4 Å². The van der Waals surface area contributed by atoms with E-state index in [0.29, 0.717) is 30.1 Å². The van der Waals surface area contributed by atoms with E-state index in [1.54, 1.807) is 0 Å². The van der Waals surface area contributed by atoms with Gasteiger partial charge in [0, 0.05) is 19.2 Å². The number of aldehydes is 1. The number of nitrogens with zero attached hydrogens (tertiary/aromatic N) is 1. The van der Waals surface area contributed by atoms with Crippen molar-refractivity contribution in [3.8, 4) is 11.5 Å². The number of hydrogen-bond acceptors (Lipinski definition) is 7. The number of carbonyl (C=O) groups is 3. The van der Waals surface area contributed by atoms with Crippen molar-refractivity contribution in [2.75, 3.05) is 39.9 Å². The molecule has 1 N–H and O–H groups in total. The van der Waals surface area contributed by atoms with Crippen LogP contribution >= 0.6 is 11.6 Å². The predicted molar refractivity (Wildman–Crippen MR) is 160 cm³/mol. The molecule has 1 amide bonds. The number of aryl methyl sites for hydroxylation is 1. The quantitative estimate of drug-likeness (QED) is 0.206. The van der Waals surface area contributed by atoms with Gasteiger partial charge in [0.15, 0.2) is 12.9 Å². The van der Waals surface area contributed by atoms with E-state index in [1.807, 2.05) is 6.07 Å². The second-order valence-electron chi connectivity index (χ2n) is 11.8. The Hall–Kier alpha value is -3.10. The van der Waals surface area contributed by atoms with Crippen LogP contribution in [0.2, 0.25) is 5.02 Å². The highest BCUT2D eigenvalue weighted by Gasteiger charge is 2.45. The number of ether oxygens (including phenoxy) is 3. The third kappa shape index (κ3) is 6.92. The Morgan fingerprint density at radius 3 is 2.57 bits per heavy atom. The fourth-order valence-electron chi connectivity index (χ4n) is 6.73. The number of nitrogens with one attached hydrogen (secondary N) is 1. The maximum atomic E-state index is 13.8. The first-order chi connectivity index (χ1) is 20.4. The summed E-state index contributed by atoms with van der Waals surface area (Å²) in [6, 6.07) is 11.3. The Kier molecular flexibility index (Phi) is 10.1. The van der Waals surface area contributed by atoms with Gasteiger partial charge in [0.05, 0.1) is 23.1 Å². The van der Waals surface area contributed by atoms with Crippen molar-refractivity contribution in [2.45, 2.75) is 69.3 Å². The third-order valence-corrected chi connectivity index (χ3v) is 9.46. The van der Waals surface area contributed by atoms with Crippen molar-refractivity contribution >= 4 is 29.8 Å². The number of hydrogen-bond donors (Lipinski definition) is 1. The van der Waals surface area contributed by atoms with E-state index in [0.717, 1.165) is 88.5 Å². The van der Waals surface area contributed by atoms with Gasteiger partial charge in [-0.1, -0.05) is 55.1 Å². The molecule has 9 heteroatoms. The van der Waals surface area contributed by atoms with E-state index >= 15 is 0 Å².